The highest BCUT2D eigenvalue weighted by atomic mass is 35.5. The van der Waals surface area contributed by atoms with Crippen LogP contribution in [-0.4, -0.2) is 34.6 Å². The number of nitrogens with zero attached hydrogens (tertiary/aromatic N) is 3. The second kappa shape index (κ2) is 7.64. The van der Waals surface area contributed by atoms with E-state index in [-0.39, 0.29) is 0 Å². The lowest BCUT2D eigenvalue weighted by atomic mass is 10.3. The molecule has 21 heavy (non-hydrogen) atoms. The molecule has 0 aliphatic heterocycles. The summed E-state index contributed by atoms with van der Waals surface area (Å²) in [5, 5.41) is 8.59. The van der Waals surface area contributed by atoms with Gasteiger partial charge in [-0.3, -0.25) is 4.68 Å². The maximum atomic E-state index is 6.38. The van der Waals surface area contributed by atoms with Crippen LogP contribution in [0.4, 0.5) is 0 Å². The Morgan fingerprint density at radius 3 is 2.95 bits per heavy atom. The van der Waals surface area contributed by atoms with Crippen LogP contribution in [0.5, 0.6) is 0 Å². The van der Waals surface area contributed by atoms with E-state index in [0.717, 1.165) is 42.6 Å². The molecule has 0 aliphatic carbocycles. The highest BCUT2D eigenvalue weighted by Gasteiger charge is 2.13. The van der Waals surface area contributed by atoms with Gasteiger partial charge in [-0.05, 0) is 26.0 Å². The Labute approximate surface area is 130 Å². The fraction of sp³-hybridized carbons (Fsp3) is 0.533. The van der Waals surface area contributed by atoms with E-state index in [0.29, 0.717) is 6.61 Å². The maximum absolute atomic E-state index is 6.38. The molecule has 6 heteroatoms. The van der Waals surface area contributed by atoms with E-state index >= 15 is 0 Å². The first-order chi connectivity index (χ1) is 10.2. The van der Waals surface area contributed by atoms with Crippen molar-refractivity contribution in [3.05, 3.63) is 40.4 Å². The molecule has 0 aromatic carbocycles. The highest BCUT2D eigenvalue weighted by Crippen LogP contribution is 2.22. The first-order valence-corrected chi connectivity index (χ1v) is 7.60. The quantitative estimate of drug-likeness (QED) is 0.762. The van der Waals surface area contributed by atoms with Gasteiger partial charge in [-0.15, -0.1) is 0 Å². The summed E-state index contributed by atoms with van der Waals surface area (Å²) in [6.45, 7) is 7.96. The van der Waals surface area contributed by atoms with Crippen molar-refractivity contribution >= 4 is 11.6 Å². The van der Waals surface area contributed by atoms with Gasteiger partial charge in [0.25, 0.3) is 0 Å². The van der Waals surface area contributed by atoms with Gasteiger partial charge in [0.05, 0.1) is 29.6 Å². The van der Waals surface area contributed by atoms with E-state index in [1.165, 1.54) is 5.69 Å². The zero-order valence-corrected chi connectivity index (χ0v) is 13.7. The summed E-state index contributed by atoms with van der Waals surface area (Å²) in [4.78, 5) is 0. The van der Waals surface area contributed by atoms with Crippen LogP contribution in [-0.2, 0) is 24.4 Å². The number of nitrogens with one attached hydrogen (secondary N) is 1. The van der Waals surface area contributed by atoms with Gasteiger partial charge >= 0.3 is 0 Å². The van der Waals surface area contributed by atoms with Crippen molar-refractivity contribution in [3.63, 3.8) is 0 Å². The van der Waals surface area contributed by atoms with Gasteiger partial charge in [0.2, 0.25) is 0 Å². The molecule has 0 fully saturated rings. The van der Waals surface area contributed by atoms with Crippen molar-refractivity contribution in [2.45, 2.75) is 33.5 Å². The molecule has 0 aliphatic rings. The van der Waals surface area contributed by atoms with Crippen LogP contribution in [0, 0.1) is 6.92 Å². The molecular formula is C15H23ClN4O. The molecular weight excluding hydrogens is 288 g/mol. The molecule has 0 atom stereocenters. The molecule has 2 aromatic heterocycles. The minimum atomic E-state index is 0.717. The van der Waals surface area contributed by atoms with E-state index in [4.69, 9.17) is 16.3 Å². The minimum absolute atomic E-state index is 0.717. The van der Waals surface area contributed by atoms with Crippen molar-refractivity contribution in [1.29, 1.82) is 0 Å². The topological polar surface area (TPSA) is 44.0 Å². The van der Waals surface area contributed by atoms with Gasteiger partial charge in [-0.2, -0.15) is 5.10 Å². The first-order valence-electron chi connectivity index (χ1n) is 7.22. The van der Waals surface area contributed by atoms with Gasteiger partial charge in [0.15, 0.2) is 0 Å². The Morgan fingerprint density at radius 1 is 1.43 bits per heavy atom. The number of methoxy groups -OCH3 is 1. The molecule has 0 saturated carbocycles. The van der Waals surface area contributed by atoms with Crippen LogP contribution in [0.2, 0.25) is 5.02 Å². The predicted molar refractivity (Wildman–Crippen MR) is 84.8 cm³/mol. The summed E-state index contributed by atoms with van der Waals surface area (Å²) < 4.78 is 9.21. The zero-order chi connectivity index (χ0) is 15.2. The molecule has 0 radical (unpaired) electrons. The van der Waals surface area contributed by atoms with Crippen molar-refractivity contribution < 1.29 is 4.74 Å². The molecule has 2 aromatic rings. The molecule has 0 bridgehead atoms. The van der Waals surface area contributed by atoms with Gasteiger partial charge in [-0.25, -0.2) is 0 Å². The number of ether oxygens (including phenoxy) is 1. The molecule has 5 nitrogen and oxygen atoms in total. The van der Waals surface area contributed by atoms with Gasteiger partial charge in [-0.1, -0.05) is 11.6 Å². The van der Waals surface area contributed by atoms with E-state index in [2.05, 4.69) is 40.2 Å². The van der Waals surface area contributed by atoms with Gasteiger partial charge in [0.1, 0.15) is 0 Å². The standard InChI is InChI=1S/C15H23ClN4O/c1-4-20-14(15(16)12(2)18-20)11-19-8-5-6-13(19)10-17-7-9-21-3/h5-6,8,17H,4,7,9-11H2,1-3H3. The van der Waals surface area contributed by atoms with Crippen LogP contribution in [0.25, 0.3) is 0 Å². The Hall–Kier alpha value is -1.30. The Morgan fingerprint density at radius 2 is 2.24 bits per heavy atom. The average Bonchev–Trinajstić information content (AvgIpc) is 3.03. The number of hydrogen-bond acceptors (Lipinski definition) is 3. The second-order valence-electron chi connectivity index (χ2n) is 4.96. The van der Waals surface area contributed by atoms with Crippen molar-refractivity contribution in [1.82, 2.24) is 19.7 Å². The fourth-order valence-corrected chi connectivity index (χ4v) is 2.53. The van der Waals surface area contributed by atoms with Crippen molar-refractivity contribution in [2.75, 3.05) is 20.3 Å². The average molecular weight is 311 g/mol. The zero-order valence-electron chi connectivity index (χ0n) is 12.9. The third-order valence-corrected chi connectivity index (χ3v) is 3.98. The lowest BCUT2D eigenvalue weighted by Gasteiger charge is -2.12. The Balaban J connectivity index is 2.08. The minimum Gasteiger partial charge on any atom is -0.383 e. The SMILES string of the molecule is CCn1nc(C)c(Cl)c1Cn1cccc1CNCCOC. The molecule has 116 valence electrons. The van der Waals surface area contributed by atoms with Crippen LogP contribution in [0.15, 0.2) is 18.3 Å². The summed E-state index contributed by atoms with van der Waals surface area (Å²) in [6.07, 6.45) is 2.08. The van der Waals surface area contributed by atoms with Crippen LogP contribution in [0.1, 0.15) is 24.0 Å². The normalized spacial score (nSPS) is 11.2. The number of halogens is 1. The molecule has 2 rings (SSSR count). The smallest absolute Gasteiger partial charge is 0.0865 e. The van der Waals surface area contributed by atoms with E-state index in [9.17, 15) is 0 Å². The van der Waals surface area contributed by atoms with Crippen molar-refractivity contribution in [2.24, 2.45) is 0 Å². The largest absolute Gasteiger partial charge is 0.383 e. The van der Waals surface area contributed by atoms with Crippen LogP contribution >= 0.6 is 11.6 Å². The molecule has 0 unspecified atom stereocenters. The predicted octanol–water partition coefficient (Wildman–Crippen LogP) is 2.45. The first kappa shape index (κ1) is 16.1. The third kappa shape index (κ3) is 3.87. The second-order valence-corrected chi connectivity index (χ2v) is 5.34. The Kier molecular flexibility index (Phi) is 5.85. The van der Waals surface area contributed by atoms with Crippen LogP contribution < -0.4 is 5.32 Å². The molecule has 0 amide bonds. The fourth-order valence-electron chi connectivity index (χ4n) is 2.34. The van der Waals surface area contributed by atoms with Gasteiger partial charge in [0, 0.05) is 38.6 Å². The number of rotatable bonds is 8. The Bertz CT molecular complexity index is 576. The summed E-state index contributed by atoms with van der Waals surface area (Å²) in [5.74, 6) is 0. The van der Waals surface area contributed by atoms with E-state index in [1.807, 2.05) is 11.6 Å². The van der Waals surface area contributed by atoms with Crippen LogP contribution in [0.3, 0.4) is 0 Å². The molecule has 2 heterocycles. The lowest BCUT2D eigenvalue weighted by Crippen LogP contribution is -2.21. The monoisotopic (exact) mass is 310 g/mol. The number of aromatic nitrogens is 3. The maximum Gasteiger partial charge on any atom is 0.0865 e. The number of aryl methyl sites for hydroxylation is 2. The molecule has 1 N–H and O–H groups in total. The third-order valence-electron chi connectivity index (χ3n) is 3.49. The number of hydrogen-bond donors (Lipinski definition) is 1. The molecule has 0 saturated heterocycles. The van der Waals surface area contributed by atoms with E-state index in [1.54, 1.807) is 7.11 Å². The summed E-state index contributed by atoms with van der Waals surface area (Å²) in [5.41, 5.74) is 3.18. The lowest BCUT2D eigenvalue weighted by molar-refractivity contribution is 0.199. The van der Waals surface area contributed by atoms with Crippen molar-refractivity contribution in [3.8, 4) is 0 Å². The summed E-state index contributed by atoms with van der Waals surface area (Å²) >= 11 is 6.38. The highest BCUT2D eigenvalue weighted by molar-refractivity contribution is 6.31. The van der Waals surface area contributed by atoms with E-state index < -0.39 is 0 Å². The summed E-state index contributed by atoms with van der Waals surface area (Å²) in [6, 6.07) is 4.17. The van der Waals surface area contributed by atoms with Gasteiger partial charge < -0.3 is 14.6 Å². The molecule has 0 spiro atoms. The summed E-state index contributed by atoms with van der Waals surface area (Å²) in [7, 11) is 1.71.